The van der Waals surface area contributed by atoms with E-state index in [0.717, 1.165) is 18.4 Å². The zero-order valence-corrected chi connectivity index (χ0v) is 17.5. The van der Waals surface area contributed by atoms with Gasteiger partial charge in [-0.2, -0.15) is 0 Å². The second-order valence-corrected chi connectivity index (χ2v) is 7.43. The summed E-state index contributed by atoms with van der Waals surface area (Å²) in [5, 5.41) is 1.24. The summed E-state index contributed by atoms with van der Waals surface area (Å²) in [4.78, 5) is 8.62. The minimum absolute atomic E-state index is 0.639. The zero-order chi connectivity index (χ0) is 20.3. The first kappa shape index (κ1) is 20.7. The average molecular weight is 383 g/mol. The van der Waals surface area contributed by atoms with Gasteiger partial charge in [0.15, 0.2) is 0 Å². The van der Waals surface area contributed by atoms with E-state index in [9.17, 15) is 0 Å². The Morgan fingerprint density at radius 3 is 2.31 bits per heavy atom. The second kappa shape index (κ2) is 11.1. The van der Waals surface area contributed by atoms with Crippen LogP contribution in [-0.2, 0) is 12.8 Å². The summed E-state index contributed by atoms with van der Waals surface area (Å²) in [6, 6.07) is 27.3. The predicted molar refractivity (Wildman–Crippen MR) is 123 cm³/mol. The van der Waals surface area contributed by atoms with Gasteiger partial charge in [-0.25, -0.2) is 0 Å². The molecule has 2 nitrogen and oxygen atoms in total. The van der Waals surface area contributed by atoms with Crippen LogP contribution in [0.1, 0.15) is 49.4 Å². The minimum Gasteiger partial charge on any atom is -0.261 e. The van der Waals surface area contributed by atoms with Gasteiger partial charge in [-0.05, 0) is 73.1 Å². The molecule has 0 amide bonds. The zero-order valence-electron chi connectivity index (χ0n) is 17.5. The van der Waals surface area contributed by atoms with E-state index >= 15 is 0 Å². The molecule has 0 aliphatic rings. The largest absolute Gasteiger partial charge is 0.261 e. The molecule has 2 aromatic carbocycles. The molecule has 2 heterocycles. The molecule has 4 rings (SSSR count). The Balaban J connectivity index is 0.000000166. The van der Waals surface area contributed by atoms with Crippen molar-refractivity contribution in [1.82, 2.24) is 9.97 Å². The van der Waals surface area contributed by atoms with Gasteiger partial charge in [0.2, 0.25) is 0 Å². The van der Waals surface area contributed by atoms with Crippen LogP contribution >= 0.6 is 0 Å². The van der Waals surface area contributed by atoms with Crippen molar-refractivity contribution in [3.05, 3.63) is 108 Å². The highest BCUT2D eigenvalue weighted by atomic mass is 14.7. The lowest BCUT2D eigenvalue weighted by Crippen LogP contribution is -1.91. The number of benzene rings is 2. The minimum atomic E-state index is 0.639. The highest BCUT2D eigenvalue weighted by Crippen LogP contribution is 2.22. The normalized spacial score (nSPS) is 11.5. The van der Waals surface area contributed by atoms with E-state index < -0.39 is 0 Å². The molecule has 1 unspecified atom stereocenters. The van der Waals surface area contributed by atoms with E-state index in [1.807, 2.05) is 30.6 Å². The molecule has 0 aliphatic carbocycles. The summed E-state index contributed by atoms with van der Waals surface area (Å²) >= 11 is 0. The molecule has 148 valence electrons. The molecule has 0 bridgehead atoms. The van der Waals surface area contributed by atoms with Crippen LogP contribution < -0.4 is 0 Å². The van der Waals surface area contributed by atoms with E-state index in [0.29, 0.717) is 5.92 Å². The Bertz CT molecular complexity index is 941. The summed E-state index contributed by atoms with van der Waals surface area (Å²) in [6.45, 7) is 4.48. The first-order valence-electron chi connectivity index (χ1n) is 10.5. The van der Waals surface area contributed by atoms with Crippen LogP contribution in [0.2, 0.25) is 0 Å². The topological polar surface area (TPSA) is 25.8 Å². The quantitative estimate of drug-likeness (QED) is 0.358. The van der Waals surface area contributed by atoms with Crippen LogP contribution in [0, 0.1) is 0 Å². The highest BCUT2D eigenvalue weighted by Gasteiger charge is 2.03. The Kier molecular flexibility index (Phi) is 7.94. The molecule has 0 N–H and O–H groups in total. The van der Waals surface area contributed by atoms with Crippen molar-refractivity contribution in [2.75, 3.05) is 0 Å². The lowest BCUT2D eigenvalue weighted by molar-refractivity contribution is 0.734. The molecule has 0 aliphatic heterocycles. The van der Waals surface area contributed by atoms with Gasteiger partial charge in [-0.15, -0.1) is 0 Å². The maximum atomic E-state index is 4.31. The lowest BCUT2D eigenvalue weighted by Gasteiger charge is -2.09. The molecule has 0 saturated carbocycles. The van der Waals surface area contributed by atoms with Crippen molar-refractivity contribution >= 4 is 10.9 Å². The molecule has 2 aromatic heterocycles. The molecule has 0 radical (unpaired) electrons. The molecule has 0 fully saturated rings. The fourth-order valence-electron chi connectivity index (χ4n) is 3.30. The number of aromatic nitrogens is 2. The average Bonchev–Trinajstić information content (AvgIpc) is 2.80. The van der Waals surface area contributed by atoms with E-state index in [4.69, 9.17) is 0 Å². The van der Waals surface area contributed by atoms with E-state index in [-0.39, 0.29) is 0 Å². The third-order valence-electron chi connectivity index (χ3n) is 5.28. The van der Waals surface area contributed by atoms with E-state index in [1.165, 1.54) is 35.0 Å². The van der Waals surface area contributed by atoms with E-state index in [2.05, 4.69) is 84.5 Å². The third-order valence-corrected chi connectivity index (χ3v) is 5.28. The van der Waals surface area contributed by atoms with Crippen molar-refractivity contribution in [1.29, 1.82) is 0 Å². The SMILES string of the molecule is CCC(C)c1ccc2ncccc2c1.c1ccc(CCCc2ccccn2)cc1. The van der Waals surface area contributed by atoms with Crippen molar-refractivity contribution in [2.24, 2.45) is 0 Å². The summed E-state index contributed by atoms with van der Waals surface area (Å²) in [7, 11) is 0. The first-order chi connectivity index (χ1) is 14.3. The third kappa shape index (κ3) is 6.53. The lowest BCUT2D eigenvalue weighted by atomic mass is 9.97. The summed E-state index contributed by atoms with van der Waals surface area (Å²) < 4.78 is 0. The molecular weight excluding hydrogens is 352 g/mol. The number of nitrogens with zero attached hydrogens (tertiary/aromatic N) is 2. The van der Waals surface area contributed by atoms with E-state index in [1.54, 1.807) is 0 Å². The highest BCUT2D eigenvalue weighted by molar-refractivity contribution is 5.79. The molecule has 0 saturated heterocycles. The van der Waals surface area contributed by atoms with Crippen LogP contribution in [0.4, 0.5) is 0 Å². The Morgan fingerprint density at radius 2 is 1.55 bits per heavy atom. The number of hydrogen-bond acceptors (Lipinski definition) is 2. The first-order valence-corrected chi connectivity index (χ1v) is 10.5. The smallest absolute Gasteiger partial charge is 0.0702 e. The monoisotopic (exact) mass is 382 g/mol. The van der Waals surface area contributed by atoms with Crippen molar-refractivity contribution in [2.45, 2.75) is 45.4 Å². The number of fused-ring (bicyclic) bond motifs is 1. The molecular formula is C27H30N2. The fourth-order valence-corrected chi connectivity index (χ4v) is 3.30. The van der Waals surface area contributed by atoms with Gasteiger partial charge in [0.1, 0.15) is 0 Å². The van der Waals surface area contributed by atoms with Crippen LogP contribution in [0.3, 0.4) is 0 Å². The fraction of sp³-hybridized carbons (Fsp3) is 0.259. The van der Waals surface area contributed by atoms with Gasteiger partial charge < -0.3 is 0 Å². The van der Waals surface area contributed by atoms with Crippen molar-refractivity contribution in [3.63, 3.8) is 0 Å². The van der Waals surface area contributed by atoms with Gasteiger partial charge in [0.25, 0.3) is 0 Å². The van der Waals surface area contributed by atoms with Gasteiger partial charge in [0, 0.05) is 23.5 Å². The van der Waals surface area contributed by atoms with Crippen LogP contribution in [-0.4, -0.2) is 9.97 Å². The van der Waals surface area contributed by atoms with Crippen LogP contribution in [0.5, 0.6) is 0 Å². The molecule has 2 heteroatoms. The van der Waals surface area contributed by atoms with Crippen LogP contribution in [0.25, 0.3) is 10.9 Å². The maximum absolute atomic E-state index is 4.31. The number of rotatable bonds is 6. The molecule has 29 heavy (non-hydrogen) atoms. The standard InChI is InChI=1S/C14H15N.C13H15N/c1-2-7-13(8-3-1)9-6-11-14-10-4-5-12-15-14;1-3-10(2)11-6-7-13-12(9-11)5-4-8-14-13/h1-5,7-8,10,12H,6,9,11H2;4-10H,3H2,1-2H3. The molecule has 4 aromatic rings. The Morgan fingerprint density at radius 1 is 0.759 bits per heavy atom. The Labute approximate surface area is 174 Å². The van der Waals surface area contributed by atoms with Crippen molar-refractivity contribution < 1.29 is 0 Å². The molecule has 0 spiro atoms. The predicted octanol–water partition coefficient (Wildman–Crippen LogP) is 7.01. The molecule has 1 atom stereocenters. The van der Waals surface area contributed by atoms with Gasteiger partial charge in [-0.3, -0.25) is 9.97 Å². The van der Waals surface area contributed by atoms with Gasteiger partial charge >= 0.3 is 0 Å². The second-order valence-electron chi connectivity index (χ2n) is 7.43. The summed E-state index contributed by atoms with van der Waals surface area (Å²) in [6.07, 6.45) is 8.25. The van der Waals surface area contributed by atoms with Crippen LogP contribution in [0.15, 0.2) is 91.3 Å². The maximum Gasteiger partial charge on any atom is 0.0702 e. The van der Waals surface area contributed by atoms with Gasteiger partial charge in [0.05, 0.1) is 5.52 Å². The van der Waals surface area contributed by atoms with Crippen molar-refractivity contribution in [3.8, 4) is 0 Å². The number of hydrogen-bond donors (Lipinski definition) is 0. The Hall–Kier alpha value is -3.00. The number of aryl methyl sites for hydroxylation is 2. The summed E-state index contributed by atoms with van der Waals surface area (Å²) in [5.41, 5.74) is 5.09. The van der Waals surface area contributed by atoms with Gasteiger partial charge in [-0.1, -0.05) is 62.4 Å². The summed E-state index contributed by atoms with van der Waals surface area (Å²) in [5.74, 6) is 0.639. The number of pyridine rings is 2.